The van der Waals surface area contributed by atoms with Gasteiger partial charge in [0, 0.05) is 11.1 Å². The predicted molar refractivity (Wildman–Crippen MR) is 72.4 cm³/mol. The minimum atomic E-state index is -3.53. The van der Waals surface area contributed by atoms with Crippen LogP contribution >= 0.6 is 0 Å². The number of nitrogens with one attached hydrogen (secondary N) is 1. The summed E-state index contributed by atoms with van der Waals surface area (Å²) in [5, 5.41) is 7.50. The zero-order valence-corrected chi connectivity index (χ0v) is 10.7. The summed E-state index contributed by atoms with van der Waals surface area (Å²) in [5.74, 6) is 0. The standard InChI is InChI=1S/C13H11N3O2S/c14-10-2-5-11(6-3-10)19(17,18)12-4-1-9-8-15-16-13(9)7-12/h1-8H,14H2,(H,15,16). The molecular weight excluding hydrogens is 262 g/mol. The molecule has 0 aliphatic heterocycles. The number of nitrogen functional groups attached to an aromatic ring is 1. The normalized spacial score (nSPS) is 11.8. The van der Waals surface area contributed by atoms with Crippen molar-refractivity contribution in [2.24, 2.45) is 0 Å². The van der Waals surface area contributed by atoms with Crippen LogP contribution in [0.25, 0.3) is 10.9 Å². The van der Waals surface area contributed by atoms with Crippen LogP contribution in [0.1, 0.15) is 0 Å². The molecule has 0 saturated heterocycles. The number of nitrogens with two attached hydrogens (primary N) is 1. The largest absolute Gasteiger partial charge is 0.399 e. The van der Waals surface area contributed by atoms with Crippen LogP contribution in [0.15, 0.2) is 58.5 Å². The summed E-state index contributed by atoms with van der Waals surface area (Å²) in [7, 11) is -3.53. The van der Waals surface area contributed by atoms with Gasteiger partial charge in [-0.05, 0) is 42.5 Å². The Morgan fingerprint density at radius 3 is 2.42 bits per heavy atom. The first kappa shape index (κ1) is 11.7. The molecule has 0 aliphatic rings. The van der Waals surface area contributed by atoms with Crippen LogP contribution in [-0.2, 0) is 9.84 Å². The van der Waals surface area contributed by atoms with E-state index in [9.17, 15) is 8.42 Å². The summed E-state index contributed by atoms with van der Waals surface area (Å²) in [6.07, 6.45) is 1.65. The first-order valence-electron chi connectivity index (χ1n) is 5.61. The maximum atomic E-state index is 12.4. The van der Waals surface area contributed by atoms with E-state index in [1.807, 2.05) is 0 Å². The fraction of sp³-hybridized carbons (Fsp3) is 0. The molecule has 1 aromatic heterocycles. The summed E-state index contributed by atoms with van der Waals surface area (Å²) in [5.41, 5.74) is 6.78. The highest BCUT2D eigenvalue weighted by Crippen LogP contribution is 2.24. The minimum Gasteiger partial charge on any atom is -0.399 e. The molecule has 0 bridgehead atoms. The molecular formula is C13H11N3O2S. The SMILES string of the molecule is Nc1ccc(S(=O)(=O)c2ccc3cn[nH]c3c2)cc1. The number of sulfone groups is 1. The number of H-pyrrole nitrogens is 1. The Morgan fingerprint density at radius 1 is 1.00 bits per heavy atom. The van der Waals surface area contributed by atoms with Gasteiger partial charge >= 0.3 is 0 Å². The Labute approximate surface area is 110 Å². The third-order valence-electron chi connectivity index (χ3n) is 2.91. The van der Waals surface area contributed by atoms with Crippen molar-refractivity contribution < 1.29 is 8.42 Å². The quantitative estimate of drug-likeness (QED) is 0.699. The Kier molecular flexibility index (Phi) is 2.53. The van der Waals surface area contributed by atoms with E-state index in [2.05, 4.69) is 10.2 Å². The van der Waals surface area contributed by atoms with Gasteiger partial charge in [0.1, 0.15) is 0 Å². The molecule has 0 radical (unpaired) electrons. The van der Waals surface area contributed by atoms with E-state index in [1.54, 1.807) is 36.5 Å². The average molecular weight is 273 g/mol. The molecule has 0 atom stereocenters. The number of fused-ring (bicyclic) bond motifs is 1. The number of aromatic nitrogens is 2. The smallest absolute Gasteiger partial charge is 0.206 e. The third kappa shape index (κ3) is 1.96. The summed E-state index contributed by atoms with van der Waals surface area (Å²) >= 11 is 0. The molecule has 3 rings (SSSR count). The van der Waals surface area contributed by atoms with Gasteiger partial charge in [-0.1, -0.05) is 0 Å². The molecule has 2 aromatic carbocycles. The Morgan fingerprint density at radius 2 is 1.68 bits per heavy atom. The molecule has 19 heavy (non-hydrogen) atoms. The molecule has 96 valence electrons. The Balaban J connectivity index is 2.15. The molecule has 0 spiro atoms. The van der Waals surface area contributed by atoms with Gasteiger partial charge < -0.3 is 5.73 Å². The maximum absolute atomic E-state index is 12.4. The maximum Gasteiger partial charge on any atom is 0.206 e. The number of rotatable bonds is 2. The monoisotopic (exact) mass is 273 g/mol. The highest BCUT2D eigenvalue weighted by molar-refractivity contribution is 7.91. The zero-order valence-electron chi connectivity index (χ0n) is 9.87. The van der Waals surface area contributed by atoms with Crippen molar-refractivity contribution in [1.29, 1.82) is 0 Å². The van der Waals surface area contributed by atoms with Crippen molar-refractivity contribution in [2.75, 3.05) is 5.73 Å². The van der Waals surface area contributed by atoms with Gasteiger partial charge in [0.05, 0.1) is 21.5 Å². The van der Waals surface area contributed by atoms with Crippen LogP contribution in [-0.4, -0.2) is 18.6 Å². The van der Waals surface area contributed by atoms with Crippen LogP contribution in [0, 0.1) is 0 Å². The van der Waals surface area contributed by atoms with Crippen LogP contribution in [0.3, 0.4) is 0 Å². The molecule has 0 saturated carbocycles. The number of hydrogen-bond acceptors (Lipinski definition) is 4. The highest BCUT2D eigenvalue weighted by atomic mass is 32.2. The van der Waals surface area contributed by atoms with Crippen LogP contribution in [0.5, 0.6) is 0 Å². The van der Waals surface area contributed by atoms with E-state index in [4.69, 9.17) is 5.73 Å². The molecule has 3 aromatic rings. The molecule has 0 aliphatic carbocycles. The summed E-state index contributed by atoms with van der Waals surface area (Å²) in [6.45, 7) is 0. The minimum absolute atomic E-state index is 0.223. The van der Waals surface area contributed by atoms with E-state index in [1.165, 1.54) is 12.1 Å². The van der Waals surface area contributed by atoms with Gasteiger partial charge in [0.2, 0.25) is 9.84 Å². The van der Waals surface area contributed by atoms with Crippen LogP contribution in [0.2, 0.25) is 0 Å². The van der Waals surface area contributed by atoms with Crippen molar-refractivity contribution in [2.45, 2.75) is 9.79 Å². The Bertz CT molecular complexity index is 836. The van der Waals surface area contributed by atoms with E-state index in [0.717, 1.165) is 5.39 Å². The molecule has 6 heteroatoms. The molecule has 1 heterocycles. The lowest BCUT2D eigenvalue weighted by Crippen LogP contribution is -2.02. The highest BCUT2D eigenvalue weighted by Gasteiger charge is 2.17. The van der Waals surface area contributed by atoms with Gasteiger partial charge in [-0.25, -0.2) is 8.42 Å². The van der Waals surface area contributed by atoms with Crippen molar-refractivity contribution in [3.8, 4) is 0 Å². The van der Waals surface area contributed by atoms with Gasteiger partial charge in [-0.2, -0.15) is 5.10 Å². The summed E-state index contributed by atoms with van der Waals surface area (Å²) < 4.78 is 24.9. The van der Waals surface area contributed by atoms with Gasteiger partial charge in [0.25, 0.3) is 0 Å². The number of anilines is 1. The lowest BCUT2D eigenvalue weighted by Gasteiger charge is -2.05. The fourth-order valence-corrected chi connectivity index (χ4v) is 3.15. The van der Waals surface area contributed by atoms with E-state index < -0.39 is 9.84 Å². The van der Waals surface area contributed by atoms with E-state index in [0.29, 0.717) is 11.2 Å². The van der Waals surface area contributed by atoms with Crippen molar-refractivity contribution in [3.05, 3.63) is 48.7 Å². The predicted octanol–water partition coefficient (Wildman–Crippen LogP) is 1.98. The number of nitrogens with zero attached hydrogens (tertiary/aromatic N) is 1. The van der Waals surface area contributed by atoms with E-state index >= 15 is 0 Å². The van der Waals surface area contributed by atoms with E-state index in [-0.39, 0.29) is 9.79 Å². The molecule has 0 unspecified atom stereocenters. The zero-order chi connectivity index (χ0) is 13.5. The second-order valence-electron chi connectivity index (χ2n) is 4.19. The first-order chi connectivity index (χ1) is 9.07. The molecule has 0 fully saturated rings. The summed E-state index contributed by atoms with van der Waals surface area (Å²) in [4.78, 5) is 0.453. The van der Waals surface area contributed by atoms with Crippen molar-refractivity contribution in [1.82, 2.24) is 10.2 Å². The second-order valence-corrected chi connectivity index (χ2v) is 6.14. The van der Waals surface area contributed by atoms with Gasteiger partial charge in [-0.3, -0.25) is 5.10 Å². The average Bonchev–Trinajstić information content (AvgIpc) is 2.86. The van der Waals surface area contributed by atoms with Gasteiger partial charge in [-0.15, -0.1) is 0 Å². The van der Waals surface area contributed by atoms with Gasteiger partial charge in [0.15, 0.2) is 0 Å². The fourth-order valence-electron chi connectivity index (χ4n) is 1.87. The Hall–Kier alpha value is -2.34. The second kappa shape index (κ2) is 4.10. The van der Waals surface area contributed by atoms with Crippen molar-refractivity contribution in [3.63, 3.8) is 0 Å². The first-order valence-corrected chi connectivity index (χ1v) is 7.09. The summed E-state index contributed by atoms with van der Waals surface area (Å²) in [6, 6.07) is 11.0. The lowest BCUT2D eigenvalue weighted by molar-refractivity contribution is 0.596. The number of benzene rings is 2. The molecule has 5 nitrogen and oxygen atoms in total. The van der Waals surface area contributed by atoms with Crippen LogP contribution in [0.4, 0.5) is 5.69 Å². The third-order valence-corrected chi connectivity index (χ3v) is 4.68. The lowest BCUT2D eigenvalue weighted by atomic mass is 10.3. The molecule has 3 N–H and O–H groups in total. The number of aromatic amines is 1. The van der Waals surface area contributed by atoms with Crippen molar-refractivity contribution >= 4 is 26.4 Å². The van der Waals surface area contributed by atoms with Crippen LogP contribution < -0.4 is 5.73 Å². The molecule has 0 amide bonds. The topological polar surface area (TPSA) is 88.8 Å². The number of hydrogen-bond donors (Lipinski definition) is 2.